The molecule has 0 saturated carbocycles. The molecule has 0 radical (unpaired) electrons. The van der Waals surface area contributed by atoms with Gasteiger partial charge >= 0.3 is 0 Å². The summed E-state index contributed by atoms with van der Waals surface area (Å²) in [7, 11) is 0. The fraction of sp³-hybridized carbons (Fsp3) is 0.556. The average molecular weight is 405 g/mol. The summed E-state index contributed by atoms with van der Waals surface area (Å²) >= 11 is 0. The van der Waals surface area contributed by atoms with Gasteiger partial charge in [0, 0.05) is 11.4 Å². The Morgan fingerprint density at radius 1 is 0.962 bits per heavy atom. The van der Waals surface area contributed by atoms with Crippen molar-refractivity contribution in [1.82, 2.24) is 4.90 Å². The molecule has 0 aromatic heterocycles. The van der Waals surface area contributed by atoms with Crippen LogP contribution in [-0.4, -0.2) is 41.9 Å². The van der Waals surface area contributed by atoms with Gasteiger partial charge in [-0.05, 0) is 64.0 Å². The maximum Gasteiger partial charge on any atom is 0.243 e. The number of hydrogen-bond donors (Lipinski definition) is 3. The van der Waals surface area contributed by atoms with Crippen LogP contribution >= 0.6 is 24.8 Å². The second kappa shape index (κ2) is 11.4. The van der Waals surface area contributed by atoms with Gasteiger partial charge in [0.1, 0.15) is 0 Å². The topological polar surface area (TPSA) is 87.5 Å². The third-order valence-corrected chi connectivity index (χ3v) is 4.08. The summed E-state index contributed by atoms with van der Waals surface area (Å²) in [6.07, 6.45) is 4.84. The zero-order chi connectivity index (χ0) is 17.6. The van der Waals surface area contributed by atoms with Crippen LogP contribution in [0.3, 0.4) is 0 Å². The molecule has 1 saturated heterocycles. The Labute approximate surface area is 168 Å². The van der Waals surface area contributed by atoms with E-state index >= 15 is 0 Å². The first-order valence-corrected chi connectivity index (χ1v) is 8.57. The van der Waals surface area contributed by atoms with Gasteiger partial charge in [-0.25, -0.2) is 0 Å². The smallest absolute Gasteiger partial charge is 0.243 e. The van der Waals surface area contributed by atoms with Crippen LogP contribution in [0.4, 0.5) is 11.4 Å². The quantitative estimate of drug-likeness (QED) is 0.703. The second-order valence-corrected chi connectivity index (χ2v) is 6.99. The highest BCUT2D eigenvalue weighted by Crippen LogP contribution is 2.15. The molecule has 2 amide bonds. The van der Waals surface area contributed by atoms with E-state index in [0.717, 1.165) is 18.8 Å². The van der Waals surface area contributed by atoms with Crippen molar-refractivity contribution >= 4 is 48.0 Å². The first-order chi connectivity index (χ1) is 11.3. The molecule has 148 valence electrons. The highest BCUT2D eigenvalue weighted by atomic mass is 35.5. The minimum Gasteiger partial charge on any atom is -0.325 e. The molecule has 0 spiro atoms. The molecule has 1 fully saturated rings. The Morgan fingerprint density at radius 2 is 1.42 bits per heavy atom. The van der Waals surface area contributed by atoms with Gasteiger partial charge in [-0.15, -0.1) is 24.8 Å². The van der Waals surface area contributed by atoms with Gasteiger partial charge in [-0.2, -0.15) is 0 Å². The highest BCUT2D eigenvalue weighted by Gasteiger charge is 2.21. The summed E-state index contributed by atoms with van der Waals surface area (Å²) in [4.78, 5) is 26.2. The molecule has 1 heterocycles. The summed E-state index contributed by atoms with van der Waals surface area (Å²) in [6.45, 7) is 5.72. The van der Waals surface area contributed by atoms with Crippen LogP contribution in [0.5, 0.6) is 0 Å². The molecular weight excluding hydrogens is 375 g/mol. The van der Waals surface area contributed by atoms with Gasteiger partial charge in [-0.1, -0.05) is 12.8 Å². The molecule has 6 nitrogen and oxygen atoms in total. The van der Waals surface area contributed by atoms with Crippen molar-refractivity contribution in [2.75, 3.05) is 30.3 Å². The van der Waals surface area contributed by atoms with Gasteiger partial charge in [-0.3, -0.25) is 14.5 Å². The number of carbonyl (C=O) groups excluding carboxylic acids is 2. The number of anilines is 2. The van der Waals surface area contributed by atoms with E-state index in [0.29, 0.717) is 12.2 Å². The first-order valence-electron chi connectivity index (χ1n) is 8.57. The van der Waals surface area contributed by atoms with Crippen molar-refractivity contribution in [1.29, 1.82) is 0 Å². The predicted molar refractivity (Wildman–Crippen MR) is 111 cm³/mol. The van der Waals surface area contributed by atoms with E-state index in [2.05, 4.69) is 15.5 Å². The summed E-state index contributed by atoms with van der Waals surface area (Å²) in [5.74, 6) is -0.253. The maximum absolute atomic E-state index is 12.1. The zero-order valence-electron chi connectivity index (χ0n) is 15.4. The van der Waals surface area contributed by atoms with Crippen LogP contribution in [0.2, 0.25) is 0 Å². The number of nitrogens with one attached hydrogen (secondary N) is 2. The lowest BCUT2D eigenvalue weighted by molar-refractivity contribution is -0.120. The highest BCUT2D eigenvalue weighted by molar-refractivity contribution is 5.97. The molecule has 1 aliphatic rings. The minimum atomic E-state index is -0.931. The van der Waals surface area contributed by atoms with Crippen LogP contribution in [0.15, 0.2) is 24.3 Å². The maximum atomic E-state index is 12.1. The number of hydrogen-bond acceptors (Lipinski definition) is 4. The number of nitrogens with zero attached hydrogens (tertiary/aromatic N) is 1. The largest absolute Gasteiger partial charge is 0.325 e. The lowest BCUT2D eigenvalue weighted by Gasteiger charge is -2.19. The monoisotopic (exact) mass is 404 g/mol. The van der Waals surface area contributed by atoms with Crippen molar-refractivity contribution in [3.05, 3.63) is 24.3 Å². The fourth-order valence-electron chi connectivity index (χ4n) is 2.63. The summed E-state index contributed by atoms with van der Waals surface area (Å²) in [5, 5.41) is 5.65. The summed E-state index contributed by atoms with van der Waals surface area (Å²) < 4.78 is 0. The van der Waals surface area contributed by atoms with E-state index in [1.165, 1.54) is 25.7 Å². The van der Waals surface area contributed by atoms with E-state index in [4.69, 9.17) is 5.73 Å². The third kappa shape index (κ3) is 8.36. The minimum absolute atomic E-state index is 0. The lowest BCUT2D eigenvalue weighted by atomic mass is 10.1. The Hall–Kier alpha value is -1.34. The molecular formula is C18H30Cl2N4O2. The van der Waals surface area contributed by atoms with E-state index in [9.17, 15) is 9.59 Å². The van der Waals surface area contributed by atoms with Crippen LogP contribution in [0, 0.1) is 0 Å². The SMILES string of the molecule is CC(C)(N)C(=O)Nc1ccc(NC(=O)CN2CCCCCC2)cc1.Cl.Cl. The molecule has 0 atom stereocenters. The van der Waals surface area contributed by atoms with Crippen molar-refractivity contribution in [2.45, 2.75) is 45.1 Å². The van der Waals surface area contributed by atoms with Crippen LogP contribution in [0.25, 0.3) is 0 Å². The van der Waals surface area contributed by atoms with Gasteiger partial charge in [0.15, 0.2) is 0 Å². The van der Waals surface area contributed by atoms with E-state index in [1.54, 1.807) is 38.1 Å². The average Bonchev–Trinajstić information content (AvgIpc) is 2.77. The Kier molecular flexibility index (Phi) is 10.8. The zero-order valence-corrected chi connectivity index (χ0v) is 17.0. The number of halogens is 2. The van der Waals surface area contributed by atoms with Crippen molar-refractivity contribution < 1.29 is 9.59 Å². The van der Waals surface area contributed by atoms with E-state index < -0.39 is 5.54 Å². The molecule has 8 heteroatoms. The number of nitrogens with two attached hydrogens (primary N) is 1. The first kappa shape index (κ1) is 24.7. The Balaban J connectivity index is 0.00000312. The number of benzene rings is 1. The van der Waals surface area contributed by atoms with Crippen molar-refractivity contribution in [3.63, 3.8) is 0 Å². The van der Waals surface area contributed by atoms with Gasteiger partial charge in [0.2, 0.25) is 11.8 Å². The third-order valence-electron chi connectivity index (χ3n) is 4.08. The Morgan fingerprint density at radius 3 is 1.88 bits per heavy atom. The second-order valence-electron chi connectivity index (χ2n) is 6.99. The number of rotatable bonds is 5. The summed E-state index contributed by atoms with van der Waals surface area (Å²) in [6, 6.07) is 7.06. The molecule has 0 aliphatic carbocycles. The predicted octanol–water partition coefficient (Wildman–Crippen LogP) is 3.02. The molecule has 0 bridgehead atoms. The number of carbonyl (C=O) groups is 2. The van der Waals surface area contributed by atoms with Crippen molar-refractivity contribution in [2.24, 2.45) is 5.73 Å². The molecule has 1 aromatic carbocycles. The number of amides is 2. The van der Waals surface area contributed by atoms with Gasteiger partial charge in [0.25, 0.3) is 0 Å². The molecule has 2 rings (SSSR count). The van der Waals surface area contributed by atoms with E-state index in [1.807, 2.05) is 0 Å². The molecule has 0 unspecified atom stereocenters. The van der Waals surface area contributed by atoms with Crippen LogP contribution in [-0.2, 0) is 9.59 Å². The normalized spacial score (nSPS) is 15.0. The van der Waals surface area contributed by atoms with E-state index in [-0.39, 0.29) is 36.6 Å². The van der Waals surface area contributed by atoms with Gasteiger partial charge < -0.3 is 16.4 Å². The molecule has 26 heavy (non-hydrogen) atoms. The standard InChI is InChI=1S/C18H28N4O2.2ClH/c1-18(2,19)17(24)21-15-9-7-14(8-10-15)20-16(23)13-22-11-5-3-4-6-12-22;;/h7-10H,3-6,11-13,19H2,1-2H3,(H,20,23)(H,21,24);2*1H. The lowest BCUT2D eigenvalue weighted by Crippen LogP contribution is -2.45. The Bertz CT molecular complexity index is 566. The molecule has 1 aromatic rings. The molecule has 4 N–H and O–H groups in total. The summed E-state index contributed by atoms with van der Waals surface area (Å²) in [5.41, 5.74) is 6.20. The van der Waals surface area contributed by atoms with Gasteiger partial charge in [0.05, 0.1) is 12.1 Å². The van der Waals surface area contributed by atoms with Crippen LogP contribution < -0.4 is 16.4 Å². The number of likely N-dealkylation sites (tertiary alicyclic amines) is 1. The van der Waals surface area contributed by atoms with Crippen LogP contribution in [0.1, 0.15) is 39.5 Å². The fourth-order valence-corrected chi connectivity index (χ4v) is 2.63. The van der Waals surface area contributed by atoms with Crippen molar-refractivity contribution in [3.8, 4) is 0 Å². The molecule has 1 aliphatic heterocycles.